The third kappa shape index (κ3) is 5.66. The lowest BCUT2D eigenvalue weighted by Gasteiger charge is -2.35. The van der Waals surface area contributed by atoms with Crippen LogP contribution in [0.3, 0.4) is 0 Å². The standard InChI is InChI=1S/C17H27N3O3S2.ClH/c1-18-14-4-2-7-19(10-14)12-17(21)20(11-16-5-3-8-24-16)15-6-9-25(22,23)13-15;/h3,5,8,14-15,18H,2,4,6-7,9-13H2,1H3;1H. The van der Waals surface area contributed by atoms with Gasteiger partial charge in [0.1, 0.15) is 0 Å². The third-order valence-electron chi connectivity index (χ3n) is 5.15. The third-order valence-corrected chi connectivity index (χ3v) is 7.76. The summed E-state index contributed by atoms with van der Waals surface area (Å²) in [6, 6.07) is 4.21. The fraction of sp³-hybridized carbons (Fsp3) is 0.706. The molecule has 1 N–H and O–H groups in total. The number of likely N-dealkylation sites (tertiary alicyclic amines) is 1. The maximum absolute atomic E-state index is 13.0. The summed E-state index contributed by atoms with van der Waals surface area (Å²) in [5, 5.41) is 5.29. The van der Waals surface area contributed by atoms with E-state index in [1.54, 1.807) is 16.2 Å². The molecule has 0 aliphatic carbocycles. The van der Waals surface area contributed by atoms with Gasteiger partial charge in [0.05, 0.1) is 24.6 Å². The van der Waals surface area contributed by atoms with E-state index in [2.05, 4.69) is 10.2 Å². The molecule has 6 nitrogen and oxygen atoms in total. The Labute approximate surface area is 166 Å². The largest absolute Gasteiger partial charge is 0.332 e. The molecule has 3 rings (SSSR count). The summed E-state index contributed by atoms with van der Waals surface area (Å²) >= 11 is 1.61. The Hall–Kier alpha value is -0.670. The van der Waals surface area contributed by atoms with Gasteiger partial charge in [-0.15, -0.1) is 23.7 Å². The highest BCUT2D eigenvalue weighted by molar-refractivity contribution is 7.91. The van der Waals surface area contributed by atoms with Gasteiger partial charge in [-0.25, -0.2) is 8.42 Å². The molecule has 2 aliphatic heterocycles. The van der Waals surface area contributed by atoms with Crippen molar-refractivity contribution in [3.8, 4) is 0 Å². The van der Waals surface area contributed by atoms with Crippen molar-refractivity contribution in [1.29, 1.82) is 0 Å². The number of halogens is 1. The minimum Gasteiger partial charge on any atom is -0.332 e. The Morgan fingerprint density at radius 3 is 2.85 bits per heavy atom. The molecule has 2 unspecified atom stereocenters. The number of hydrogen-bond donors (Lipinski definition) is 1. The molecule has 0 spiro atoms. The highest BCUT2D eigenvalue weighted by Crippen LogP contribution is 2.22. The molecule has 2 aliphatic rings. The van der Waals surface area contributed by atoms with Gasteiger partial charge in [-0.2, -0.15) is 0 Å². The van der Waals surface area contributed by atoms with E-state index in [4.69, 9.17) is 0 Å². The summed E-state index contributed by atoms with van der Waals surface area (Å²) in [6.45, 7) is 2.69. The lowest BCUT2D eigenvalue weighted by Crippen LogP contribution is -2.50. The Morgan fingerprint density at radius 2 is 2.23 bits per heavy atom. The van der Waals surface area contributed by atoms with Gasteiger partial charge >= 0.3 is 0 Å². The average Bonchev–Trinajstić information content (AvgIpc) is 3.21. The fourth-order valence-electron chi connectivity index (χ4n) is 3.73. The van der Waals surface area contributed by atoms with Crippen LogP contribution in [0.5, 0.6) is 0 Å². The molecular weight excluding hydrogens is 394 g/mol. The molecule has 0 saturated carbocycles. The second-order valence-electron chi connectivity index (χ2n) is 7.02. The van der Waals surface area contributed by atoms with Crippen molar-refractivity contribution >= 4 is 39.5 Å². The Kier molecular flexibility index (Phi) is 7.90. The van der Waals surface area contributed by atoms with Crippen molar-refractivity contribution in [1.82, 2.24) is 15.1 Å². The molecule has 148 valence electrons. The molecule has 9 heteroatoms. The van der Waals surface area contributed by atoms with E-state index in [9.17, 15) is 13.2 Å². The van der Waals surface area contributed by atoms with Crippen LogP contribution in [-0.2, 0) is 21.2 Å². The Balaban J connectivity index is 0.00000243. The van der Waals surface area contributed by atoms with Gasteiger partial charge in [0.15, 0.2) is 9.84 Å². The molecule has 0 radical (unpaired) electrons. The summed E-state index contributed by atoms with van der Waals surface area (Å²) in [7, 11) is -1.05. The highest BCUT2D eigenvalue weighted by atomic mass is 35.5. The number of likely N-dealkylation sites (N-methyl/N-ethyl adjacent to an activating group) is 1. The number of nitrogens with one attached hydrogen (secondary N) is 1. The summed E-state index contributed by atoms with van der Waals surface area (Å²) < 4.78 is 23.8. The lowest BCUT2D eigenvalue weighted by molar-refractivity contribution is -0.135. The zero-order valence-corrected chi connectivity index (χ0v) is 17.5. The van der Waals surface area contributed by atoms with E-state index in [1.807, 2.05) is 24.6 Å². The summed E-state index contributed by atoms with van der Waals surface area (Å²) in [5.41, 5.74) is 0. The predicted molar refractivity (Wildman–Crippen MR) is 108 cm³/mol. The molecule has 2 atom stereocenters. The topological polar surface area (TPSA) is 69.7 Å². The van der Waals surface area contributed by atoms with Crippen molar-refractivity contribution in [2.24, 2.45) is 0 Å². The SMILES string of the molecule is CNC1CCCN(CC(=O)N(Cc2cccs2)C2CCS(=O)(=O)C2)C1.Cl. The van der Waals surface area contributed by atoms with Crippen LogP contribution in [0.25, 0.3) is 0 Å². The van der Waals surface area contributed by atoms with Crippen molar-refractivity contribution in [2.75, 3.05) is 38.2 Å². The van der Waals surface area contributed by atoms with Crippen molar-refractivity contribution < 1.29 is 13.2 Å². The second kappa shape index (κ2) is 9.50. The number of hydrogen-bond acceptors (Lipinski definition) is 6. The lowest BCUT2D eigenvalue weighted by atomic mass is 10.1. The van der Waals surface area contributed by atoms with E-state index < -0.39 is 9.84 Å². The molecule has 1 aromatic heterocycles. The van der Waals surface area contributed by atoms with Crippen LogP contribution in [0, 0.1) is 0 Å². The average molecular weight is 422 g/mol. The van der Waals surface area contributed by atoms with Crippen LogP contribution in [0.4, 0.5) is 0 Å². The number of amides is 1. The minimum atomic E-state index is -3.01. The van der Waals surface area contributed by atoms with Crippen LogP contribution in [-0.4, -0.2) is 74.4 Å². The number of carbonyl (C=O) groups excluding carboxylic acids is 1. The second-order valence-corrected chi connectivity index (χ2v) is 10.3. The zero-order chi connectivity index (χ0) is 17.9. The van der Waals surface area contributed by atoms with Crippen LogP contribution in [0.15, 0.2) is 17.5 Å². The summed E-state index contributed by atoms with van der Waals surface area (Å²) in [6.07, 6.45) is 2.78. The first-order valence-electron chi connectivity index (χ1n) is 8.89. The normalized spacial score (nSPS) is 25.6. The van der Waals surface area contributed by atoms with Crippen LogP contribution in [0.1, 0.15) is 24.1 Å². The van der Waals surface area contributed by atoms with Gasteiger partial charge in [-0.1, -0.05) is 6.07 Å². The summed E-state index contributed by atoms with van der Waals surface area (Å²) in [5.74, 6) is 0.341. The predicted octanol–water partition coefficient (Wildman–Crippen LogP) is 1.37. The van der Waals surface area contributed by atoms with Crippen LogP contribution in [0.2, 0.25) is 0 Å². The first-order chi connectivity index (χ1) is 12.0. The molecule has 2 fully saturated rings. The number of rotatable bonds is 6. The maximum atomic E-state index is 13.0. The van der Waals surface area contributed by atoms with Crippen LogP contribution < -0.4 is 5.32 Å². The molecule has 26 heavy (non-hydrogen) atoms. The van der Waals surface area contributed by atoms with Crippen molar-refractivity contribution in [3.63, 3.8) is 0 Å². The van der Waals surface area contributed by atoms with Crippen molar-refractivity contribution in [3.05, 3.63) is 22.4 Å². The zero-order valence-electron chi connectivity index (χ0n) is 15.1. The van der Waals surface area contributed by atoms with Gasteiger partial charge in [0, 0.05) is 23.5 Å². The molecule has 3 heterocycles. The molecule has 0 bridgehead atoms. The molecule has 2 saturated heterocycles. The number of nitrogens with zero attached hydrogens (tertiary/aromatic N) is 2. The van der Waals surface area contributed by atoms with Gasteiger partial charge in [-0.3, -0.25) is 9.69 Å². The van der Waals surface area contributed by atoms with Gasteiger partial charge in [0.25, 0.3) is 0 Å². The van der Waals surface area contributed by atoms with E-state index in [0.29, 0.717) is 25.6 Å². The molecule has 0 aromatic carbocycles. The number of thiophene rings is 1. The Bertz CT molecular complexity index is 681. The quantitative estimate of drug-likeness (QED) is 0.751. The monoisotopic (exact) mass is 421 g/mol. The minimum absolute atomic E-state index is 0. The number of sulfone groups is 1. The first-order valence-corrected chi connectivity index (χ1v) is 11.6. The highest BCUT2D eigenvalue weighted by Gasteiger charge is 2.35. The summed E-state index contributed by atoms with van der Waals surface area (Å²) in [4.78, 5) is 18.1. The first kappa shape index (κ1) is 21.6. The maximum Gasteiger partial charge on any atom is 0.237 e. The van der Waals surface area contributed by atoms with Gasteiger partial charge in [-0.05, 0) is 44.3 Å². The van der Waals surface area contributed by atoms with Crippen LogP contribution >= 0.6 is 23.7 Å². The van der Waals surface area contributed by atoms with Gasteiger partial charge < -0.3 is 10.2 Å². The smallest absolute Gasteiger partial charge is 0.237 e. The molecule has 1 aromatic rings. The molecular formula is C17H28ClN3O3S2. The fourth-order valence-corrected chi connectivity index (χ4v) is 6.16. The van der Waals surface area contributed by atoms with E-state index >= 15 is 0 Å². The van der Waals surface area contributed by atoms with E-state index in [1.165, 1.54) is 0 Å². The van der Waals surface area contributed by atoms with E-state index in [-0.39, 0.29) is 35.9 Å². The Morgan fingerprint density at radius 1 is 1.42 bits per heavy atom. The number of piperidine rings is 1. The van der Waals surface area contributed by atoms with E-state index in [0.717, 1.165) is 30.8 Å². The molecule has 1 amide bonds. The number of carbonyl (C=O) groups is 1. The van der Waals surface area contributed by atoms with Crippen molar-refractivity contribution in [2.45, 2.75) is 37.9 Å². The van der Waals surface area contributed by atoms with Gasteiger partial charge in [0.2, 0.25) is 5.91 Å².